The first kappa shape index (κ1) is 11.1. The Morgan fingerprint density at radius 1 is 1.38 bits per heavy atom. The van der Waals surface area contributed by atoms with Gasteiger partial charge in [-0.05, 0) is 31.4 Å². The van der Waals surface area contributed by atoms with E-state index in [9.17, 15) is 0 Å². The number of rotatable bonds is 3. The van der Waals surface area contributed by atoms with E-state index in [0.717, 1.165) is 28.9 Å². The zero-order valence-corrected chi connectivity index (χ0v) is 10.6. The summed E-state index contributed by atoms with van der Waals surface area (Å²) in [5.41, 5.74) is 3.57. The average molecular weight is 236 g/mol. The highest BCUT2D eigenvalue weighted by Crippen LogP contribution is 2.08. The van der Waals surface area contributed by atoms with Gasteiger partial charge in [0.1, 0.15) is 4.64 Å². The second-order valence-electron chi connectivity index (χ2n) is 4.11. The largest absolute Gasteiger partial charge is 0.302 e. The van der Waals surface area contributed by atoms with E-state index in [1.807, 2.05) is 35.7 Å². The monoisotopic (exact) mass is 236 g/mol. The third-order valence-corrected chi connectivity index (χ3v) is 3.08. The van der Waals surface area contributed by atoms with E-state index >= 15 is 0 Å². The fourth-order valence-corrected chi connectivity index (χ4v) is 2.02. The molecule has 2 heterocycles. The summed E-state index contributed by atoms with van der Waals surface area (Å²) in [4.78, 5) is 0. The van der Waals surface area contributed by atoms with Crippen LogP contribution >= 0.6 is 12.2 Å². The van der Waals surface area contributed by atoms with Crippen molar-refractivity contribution in [3.8, 4) is 0 Å². The van der Waals surface area contributed by atoms with Gasteiger partial charge in [-0.15, -0.1) is 0 Å². The summed E-state index contributed by atoms with van der Waals surface area (Å²) in [6, 6.07) is 2.01. The van der Waals surface area contributed by atoms with Crippen molar-refractivity contribution >= 4 is 12.2 Å². The minimum atomic E-state index is 0.841. The molecule has 0 aromatic carbocycles. The Bertz CT molecular complexity index is 547. The molecule has 0 radical (unpaired) electrons. The summed E-state index contributed by atoms with van der Waals surface area (Å²) >= 11 is 5.15. The first-order chi connectivity index (χ1) is 7.56. The van der Waals surface area contributed by atoms with Gasteiger partial charge in [-0.25, -0.2) is 0 Å². The molecule has 0 spiro atoms. The number of aromatic amines is 1. The average Bonchev–Trinajstić information content (AvgIpc) is 2.68. The van der Waals surface area contributed by atoms with Gasteiger partial charge < -0.3 is 5.10 Å². The van der Waals surface area contributed by atoms with Gasteiger partial charge in [0.2, 0.25) is 0 Å². The fraction of sp³-hybridized carbons (Fsp3) is 0.455. The number of nitrogens with one attached hydrogen (secondary N) is 1. The molecule has 86 valence electrons. The number of aromatic nitrogens is 4. The predicted molar refractivity (Wildman–Crippen MR) is 66.0 cm³/mol. The number of nitrogens with zero attached hydrogens (tertiary/aromatic N) is 3. The van der Waals surface area contributed by atoms with Crippen molar-refractivity contribution in [1.29, 1.82) is 0 Å². The number of hydrogen-bond acceptors (Lipinski definition) is 2. The Morgan fingerprint density at radius 2 is 2.12 bits per heavy atom. The highest BCUT2D eigenvalue weighted by molar-refractivity contribution is 7.71. The zero-order chi connectivity index (χ0) is 11.7. The molecule has 16 heavy (non-hydrogen) atoms. The maximum absolute atomic E-state index is 5.15. The molecular weight excluding hydrogens is 220 g/mol. The summed E-state index contributed by atoms with van der Waals surface area (Å²) < 4.78 is 4.56. The van der Waals surface area contributed by atoms with Crippen molar-refractivity contribution in [2.45, 2.75) is 19.8 Å². The fourth-order valence-electron chi connectivity index (χ4n) is 1.83. The molecule has 5 heteroatoms. The molecule has 0 unspecified atom stereocenters. The summed E-state index contributed by atoms with van der Waals surface area (Å²) in [5.74, 6) is 0. The normalized spacial score (nSPS) is 10.9. The molecule has 0 aliphatic heterocycles. The van der Waals surface area contributed by atoms with Crippen molar-refractivity contribution in [1.82, 2.24) is 19.6 Å². The summed E-state index contributed by atoms with van der Waals surface area (Å²) in [6.07, 6.45) is 3.94. The van der Waals surface area contributed by atoms with Gasteiger partial charge in [0.15, 0.2) is 0 Å². The third kappa shape index (κ3) is 2.24. The first-order valence-corrected chi connectivity index (χ1v) is 5.71. The van der Waals surface area contributed by atoms with E-state index < -0.39 is 0 Å². The summed E-state index contributed by atoms with van der Waals surface area (Å²) in [6.45, 7) is 2.09. The maximum Gasteiger partial charge on any atom is 0.121 e. The van der Waals surface area contributed by atoms with E-state index in [0.29, 0.717) is 0 Å². The number of hydrogen-bond donors (Lipinski definition) is 1. The molecule has 2 aromatic rings. The van der Waals surface area contributed by atoms with Crippen LogP contribution in [-0.4, -0.2) is 19.6 Å². The molecule has 0 saturated heterocycles. The van der Waals surface area contributed by atoms with Crippen LogP contribution < -0.4 is 0 Å². The Balaban J connectivity index is 2.07. The topological polar surface area (TPSA) is 38.5 Å². The third-order valence-electron chi connectivity index (χ3n) is 2.68. The Morgan fingerprint density at radius 3 is 2.62 bits per heavy atom. The molecule has 4 nitrogen and oxygen atoms in total. The van der Waals surface area contributed by atoms with Gasteiger partial charge >= 0.3 is 0 Å². The molecule has 0 aliphatic rings. The molecule has 2 rings (SSSR count). The van der Waals surface area contributed by atoms with Crippen LogP contribution in [0.2, 0.25) is 0 Å². The van der Waals surface area contributed by atoms with Crippen molar-refractivity contribution in [3.63, 3.8) is 0 Å². The highest BCUT2D eigenvalue weighted by Gasteiger charge is 2.04. The lowest BCUT2D eigenvalue weighted by Crippen LogP contribution is -1.97. The Labute approximate surface area is 99.9 Å². The quantitative estimate of drug-likeness (QED) is 0.827. The molecule has 0 amide bonds. The first-order valence-electron chi connectivity index (χ1n) is 5.30. The minimum absolute atomic E-state index is 0.841. The van der Waals surface area contributed by atoms with Gasteiger partial charge in [0.25, 0.3) is 0 Å². The van der Waals surface area contributed by atoms with Crippen LogP contribution in [0.4, 0.5) is 0 Å². The van der Waals surface area contributed by atoms with Crippen LogP contribution in [0.3, 0.4) is 0 Å². The molecule has 0 bridgehead atoms. The van der Waals surface area contributed by atoms with E-state index in [1.165, 1.54) is 5.56 Å². The van der Waals surface area contributed by atoms with Crippen LogP contribution in [0.25, 0.3) is 0 Å². The number of aryl methyl sites for hydroxylation is 5. The predicted octanol–water partition coefficient (Wildman–Crippen LogP) is 1.91. The van der Waals surface area contributed by atoms with Gasteiger partial charge in [-0.2, -0.15) is 5.10 Å². The lowest BCUT2D eigenvalue weighted by molar-refractivity contribution is 0.712. The van der Waals surface area contributed by atoms with Crippen molar-refractivity contribution in [2.75, 3.05) is 0 Å². The summed E-state index contributed by atoms with van der Waals surface area (Å²) in [5, 5.41) is 7.64. The molecule has 1 N–H and O–H groups in total. The zero-order valence-electron chi connectivity index (χ0n) is 9.82. The van der Waals surface area contributed by atoms with E-state index in [4.69, 9.17) is 12.2 Å². The van der Waals surface area contributed by atoms with Crippen molar-refractivity contribution in [3.05, 3.63) is 33.9 Å². The molecule has 0 fully saturated rings. The van der Waals surface area contributed by atoms with Crippen LogP contribution in [0.5, 0.6) is 0 Å². The molecule has 0 saturated carbocycles. The molecule has 2 aromatic heterocycles. The highest BCUT2D eigenvalue weighted by atomic mass is 32.1. The second kappa shape index (κ2) is 4.25. The standard InChI is InChI=1S/C11H16N4S/c1-8-7-14(2)13-10(8)5-4-9-6-11(16)15(3)12-9/h6-7,12H,4-5H2,1-3H3. The van der Waals surface area contributed by atoms with E-state index in [1.54, 1.807) is 0 Å². The van der Waals surface area contributed by atoms with E-state index in [-0.39, 0.29) is 0 Å². The molecular formula is C11H16N4S. The Kier molecular flexibility index (Phi) is 2.96. The smallest absolute Gasteiger partial charge is 0.121 e. The van der Waals surface area contributed by atoms with Gasteiger partial charge in [-0.3, -0.25) is 9.36 Å². The summed E-state index contributed by atoms with van der Waals surface area (Å²) in [7, 11) is 3.88. The lowest BCUT2D eigenvalue weighted by atomic mass is 10.1. The van der Waals surface area contributed by atoms with Gasteiger partial charge in [-0.1, -0.05) is 12.2 Å². The van der Waals surface area contributed by atoms with Crippen LogP contribution in [0.1, 0.15) is 17.0 Å². The lowest BCUT2D eigenvalue weighted by Gasteiger charge is -1.97. The van der Waals surface area contributed by atoms with Gasteiger partial charge in [0.05, 0.1) is 5.69 Å². The maximum atomic E-state index is 5.15. The van der Waals surface area contributed by atoms with E-state index in [2.05, 4.69) is 17.1 Å². The van der Waals surface area contributed by atoms with Gasteiger partial charge in [0, 0.05) is 26.0 Å². The molecule has 0 atom stereocenters. The van der Waals surface area contributed by atoms with Crippen molar-refractivity contribution < 1.29 is 0 Å². The molecule has 0 aliphatic carbocycles. The van der Waals surface area contributed by atoms with Crippen molar-refractivity contribution in [2.24, 2.45) is 14.1 Å². The Hall–Kier alpha value is -1.36. The van der Waals surface area contributed by atoms with Crippen LogP contribution in [-0.2, 0) is 26.9 Å². The van der Waals surface area contributed by atoms with Crippen LogP contribution in [0, 0.1) is 11.6 Å². The SMILES string of the molecule is Cc1cn(C)nc1CCc1cc(=S)n(C)[nH]1. The second-order valence-corrected chi connectivity index (χ2v) is 4.53. The minimum Gasteiger partial charge on any atom is -0.302 e. The number of H-pyrrole nitrogens is 1. The van der Waals surface area contributed by atoms with Crippen LogP contribution in [0.15, 0.2) is 12.3 Å².